The van der Waals surface area contributed by atoms with E-state index in [1.54, 1.807) is 105 Å². The van der Waals surface area contributed by atoms with Crippen molar-refractivity contribution in [1.29, 1.82) is 15.8 Å². The molecule has 28 nitrogen and oxygen atoms in total. The predicted octanol–water partition coefficient (Wildman–Crippen LogP) is 11.6. The van der Waals surface area contributed by atoms with Crippen molar-refractivity contribution in [3.05, 3.63) is 211 Å². The number of carbonyl (C=O) groups is 1. The molecule has 2 unspecified atom stereocenters. The van der Waals surface area contributed by atoms with Crippen LogP contribution in [0.5, 0.6) is 29.0 Å². The molecule has 0 saturated carbocycles. The third kappa shape index (κ3) is 18.6. The molecule has 11 aromatic heterocycles. The van der Waals surface area contributed by atoms with E-state index in [1.165, 1.54) is 30.4 Å². The topological polar surface area (TPSA) is 337 Å². The van der Waals surface area contributed by atoms with Gasteiger partial charge in [0.05, 0.1) is 59.6 Å². The number of anilines is 3. The Labute approximate surface area is 669 Å². The lowest BCUT2D eigenvalue weighted by Gasteiger charge is -2.56. The Bertz CT molecular complexity index is 5580. The van der Waals surface area contributed by atoms with E-state index < -0.39 is 45.4 Å². The number of hydrogen-bond donors (Lipinski definition) is 4. The van der Waals surface area contributed by atoms with Crippen LogP contribution in [-0.2, 0) is 6.54 Å². The second-order valence-electron chi connectivity index (χ2n) is 31.5. The van der Waals surface area contributed by atoms with E-state index in [9.17, 15) is 44.7 Å². The van der Waals surface area contributed by atoms with E-state index in [0.29, 0.717) is 107 Å². The van der Waals surface area contributed by atoms with Crippen molar-refractivity contribution in [2.75, 3.05) is 80.9 Å². The van der Waals surface area contributed by atoms with Gasteiger partial charge >= 0.3 is 0 Å². The number of methoxy groups -OCH3 is 1. The lowest BCUT2D eigenvalue weighted by Crippen LogP contribution is -2.68. The summed E-state index contributed by atoms with van der Waals surface area (Å²) in [5, 5.41) is 61.9. The smallest absolute Gasteiger partial charge is 0.257 e. The lowest BCUT2D eigenvalue weighted by molar-refractivity contribution is -0.00877. The van der Waals surface area contributed by atoms with Gasteiger partial charge in [-0.15, -0.1) is 0 Å². The minimum Gasteiger partial charge on any atom is -0.490 e. The molecule has 0 spiro atoms. The molecule has 5 aliphatic rings. The number of amides is 1. The van der Waals surface area contributed by atoms with Crippen molar-refractivity contribution in [2.24, 2.45) is 0 Å². The molecular formula is C86H89F2N19O9. The quantitative estimate of drug-likeness (QED) is 0.0490. The number of nitriles is 3. The molecule has 17 rings (SSSR count). The minimum atomic E-state index is -1.02. The fourth-order valence-electron chi connectivity index (χ4n) is 14.5. The molecule has 12 aromatic rings. The maximum atomic E-state index is 14.1. The standard InChI is InChI=1S/C30H30F2N6O3.C29H31N7O3.C27H28N6O3/c1-29(2,40)18-41-21-13-24(38-20(15-33)17-35-26(38)14-21)19-7-8-25(34-16-19)37-11-9-30(3,10-12-37)36-28(39)27-22(31)5-4-6-23(27)32;1-29(2,37)18-39-24-9-25(36-23(11-30)14-32-27(36)10-24)20-5-6-26(31-13-20)34-16-21-8-22(17-34)35(21)15-19-4-7-28(38-3)33-12-19;1-27(2,34)18-35-22-13-23(33-20(15-28)17-31-25(33)14-22)19-6-7-24(30-16-19)32-11-8-21(9-12-32)36-26-5-3-4-10-29-26/h4-8,13-14,16-17,40H,9-12,18H2,1-3H3,(H,36,39);4-7,9-10,12-14,21-22,37H,8,15-18H2,1-3H3;3-7,10,13-14,16-17,21,34H,8-9,11-12,18H2,1-2H3. The first-order valence-electron chi connectivity index (χ1n) is 38.2. The highest BCUT2D eigenvalue weighted by Crippen LogP contribution is 2.38. The summed E-state index contributed by atoms with van der Waals surface area (Å²) in [6, 6.07) is 43.1. The summed E-state index contributed by atoms with van der Waals surface area (Å²) in [7, 11) is 1.63. The Morgan fingerprint density at radius 1 is 0.526 bits per heavy atom. The first-order valence-corrected chi connectivity index (χ1v) is 38.2. The Kier molecular flexibility index (Phi) is 23.1. The van der Waals surface area contributed by atoms with Crippen LogP contribution in [-0.4, -0.2) is 186 Å². The number of aromatic nitrogens is 11. The number of carbonyl (C=O) groups excluding carboxylic acids is 1. The Morgan fingerprint density at radius 3 is 1.36 bits per heavy atom. The van der Waals surface area contributed by atoms with Crippen LogP contribution in [0.4, 0.5) is 26.2 Å². The molecule has 2 bridgehead atoms. The summed E-state index contributed by atoms with van der Waals surface area (Å²) in [5.41, 5.74) is 4.54. The second-order valence-corrected chi connectivity index (χ2v) is 31.5. The summed E-state index contributed by atoms with van der Waals surface area (Å²) < 4.78 is 62.1. The molecule has 4 N–H and O–H groups in total. The second kappa shape index (κ2) is 33.6. The molecule has 116 heavy (non-hydrogen) atoms. The van der Waals surface area contributed by atoms with Gasteiger partial charge in [0.1, 0.15) is 130 Å². The maximum absolute atomic E-state index is 14.1. The predicted molar refractivity (Wildman–Crippen MR) is 429 cm³/mol. The Balaban J connectivity index is 0.000000144. The average Bonchev–Trinajstić information content (AvgIpc) is 0.981. The number of nitrogens with zero attached hydrogens (tertiary/aromatic N) is 18. The van der Waals surface area contributed by atoms with Gasteiger partial charge in [-0.1, -0.05) is 18.2 Å². The number of aliphatic hydroxyl groups is 3. The monoisotopic (exact) mass is 1570 g/mol. The van der Waals surface area contributed by atoms with Crippen LogP contribution in [0.25, 0.3) is 50.7 Å². The molecule has 30 heteroatoms. The van der Waals surface area contributed by atoms with Gasteiger partial charge in [-0.3, -0.25) is 22.9 Å². The van der Waals surface area contributed by atoms with Crippen LogP contribution < -0.4 is 43.7 Å². The number of hydrogen-bond acceptors (Lipinski definition) is 24. The van der Waals surface area contributed by atoms with Crippen LogP contribution in [0.1, 0.15) is 114 Å². The summed E-state index contributed by atoms with van der Waals surface area (Å²) in [6.45, 7) is 17.9. The Hall–Kier alpha value is -12.9. The van der Waals surface area contributed by atoms with Crippen molar-refractivity contribution in [3.8, 4) is 81.0 Å². The van der Waals surface area contributed by atoms with E-state index in [2.05, 4.69) is 79.1 Å². The molecule has 5 fully saturated rings. The fourth-order valence-corrected chi connectivity index (χ4v) is 14.5. The highest BCUT2D eigenvalue weighted by Gasteiger charge is 2.45. The molecule has 0 radical (unpaired) electrons. The third-order valence-corrected chi connectivity index (χ3v) is 20.5. The summed E-state index contributed by atoms with van der Waals surface area (Å²) in [5.74, 6) is 2.95. The van der Waals surface area contributed by atoms with Crippen molar-refractivity contribution in [2.45, 2.75) is 128 Å². The number of pyridine rings is 8. The highest BCUT2D eigenvalue weighted by molar-refractivity contribution is 5.95. The van der Waals surface area contributed by atoms with Gasteiger partial charge in [-0.05, 0) is 128 Å². The summed E-state index contributed by atoms with van der Waals surface area (Å²) >= 11 is 0. The van der Waals surface area contributed by atoms with Crippen LogP contribution in [0.3, 0.4) is 0 Å². The zero-order valence-electron chi connectivity index (χ0n) is 65.6. The van der Waals surface area contributed by atoms with E-state index >= 15 is 0 Å². The number of ether oxygens (including phenoxy) is 5. The number of piperidine rings is 3. The molecule has 1 aromatic carbocycles. The maximum Gasteiger partial charge on any atom is 0.257 e. The molecule has 5 aliphatic heterocycles. The van der Waals surface area contributed by atoms with Crippen LogP contribution in [0.15, 0.2) is 171 Å². The van der Waals surface area contributed by atoms with E-state index in [1.807, 2.05) is 98.3 Å². The van der Waals surface area contributed by atoms with Gasteiger partial charge in [0.15, 0.2) is 0 Å². The number of rotatable bonds is 22. The fraction of sp³-hybridized carbons (Fsp3) is 0.349. The van der Waals surface area contributed by atoms with Gasteiger partial charge < -0.3 is 59.0 Å². The highest BCUT2D eigenvalue weighted by atomic mass is 19.1. The van der Waals surface area contributed by atoms with Crippen LogP contribution >= 0.6 is 0 Å². The van der Waals surface area contributed by atoms with Gasteiger partial charge in [-0.25, -0.2) is 48.7 Å². The molecule has 5 saturated heterocycles. The largest absolute Gasteiger partial charge is 0.490 e. The molecular weight excluding hydrogens is 1480 g/mol. The SMILES string of the molecule is CC(C)(O)COc1cc(-c2ccc(N3CCC(C)(NC(=O)c4c(F)cccc4F)CC3)nc2)n2c(C#N)cnc2c1.CC(C)(O)COc1cc(-c2ccc(N3CCC(Oc4ccccn4)CC3)nc2)n2c(C#N)cnc2c1.COc1ccc(CN2C3CC2CN(c2ccc(-c4cc(OCC(C)(C)O)cc5ncc(C#N)n45)cn2)C3)cn1. The zero-order chi connectivity index (χ0) is 81.6. The lowest BCUT2D eigenvalue weighted by atomic mass is 9.87. The number of piperazine rings is 1. The van der Waals surface area contributed by atoms with Crippen LogP contribution in [0.2, 0.25) is 0 Å². The first kappa shape index (κ1) is 79.7. The zero-order valence-corrected chi connectivity index (χ0v) is 65.6. The first-order chi connectivity index (χ1) is 55.7. The number of nitrogens with one attached hydrogen (secondary N) is 1. The normalized spacial score (nSPS) is 16.2. The van der Waals surface area contributed by atoms with Crippen molar-refractivity contribution in [1.82, 2.24) is 63.3 Å². The summed E-state index contributed by atoms with van der Waals surface area (Å²) in [4.78, 5) is 57.7. The molecule has 16 heterocycles. The molecule has 0 aliphatic carbocycles. The Morgan fingerprint density at radius 2 is 0.974 bits per heavy atom. The minimum absolute atomic E-state index is 0.0786. The molecule has 2 atom stereocenters. The molecule has 1 amide bonds. The third-order valence-electron chi connectivity index (χ3n) is 20.5. The molecule has 596 valence electrons. The van der Waals surface area contributed by atoms with Gasteiger partial charge in [0, 0.05) is 172 Å². The number of halogens is 2. The number of fused-ring (bicyclic) bond motifs is 5. The van der Waals surface area contributed by atoms with Crippen LogP contribution in [0, 0.1) is 45.6 Å². The number of benzene rings is 1. The summed E-state index contributed by atoms with van der Waals surface area (Å²) in [6.07, 6.45) is 17.8. The van der Waals surface area contributed by atoms with Crippen molar-refractivity contribution >= 4 is 40.3 Å². The number of imidazole rings is 3. The van der Waals surface area contributed by atoms with Gasteiger partial charge in [0.2, 0.25) is 11.8 Å². The van der Waals surface area contributed by atoms with Gasteiger partial charge in [-0.2, -0.15) is 15.8 Å². The van der Waals surface area contributed by atoms with Crippen molar-refractivity contribution < 1.29 is 52.6 Å². The van der Waals surface area contributed by atoms with Gasteiger partial charge in [0.25, 0.3) is 5.91 Å². The van der Waals surface area contributed by atoms with E-state index in [-0.39, 0.29) is 25.9 Å². The van der Waals surface area contributed by atoms with Crippen molar-refractivity contribution in [3.63, 3.8) is 0 Å². The average molecular weight is 1570 g/mol. The van der Waals surface area contributed by atoms with E-state index in [4.69, 9.17) is 33.7 Å². The van der Waals surface area contributed by atoms with E-state index in [0.717, 1.165) is 103 Å².